The van der Waals surface area contributed by atoms with Gasteiger partial charge in [-0.1, -0.05) is 12.1 Å². The Labute approximate surface area is 97.3 Å². The maximum absolute atomic E-state index is 13.2. The van der Waals surface area contributed by atoms with E-state index in [4.69, 9.17) is 5.21 Å². The third-order valence-corrected chi connectivity index (χ3v) is 1.85. The number of halogens is 1. The molecule has 0 heterocycles. The second-order valence-corrected chi connectivity index (χ2v) is 3.08. The highest BCUT2D eigenvalue weighted by Crippen LogP contribution is 2.16. The van der Waals surface area contributed by atoms with Gasteiger partial charge < -0.3 is 15.2 Å². The van der Waals surface area contributed by atoms with E-state index in [-0.39, 0.29) is 23.1 Å². The summed E-state index contributed by atoms with van der Waals surface area (Å²) in [5.41, 5.74) is 0.207. The summed E-state index contributed by atoms with van der Waals surface area (Å²) >= 11 is 0. The van der Waals surface area contributed by atoms with Crippen molar-refractivity contribution in [3.05, 3.63) is 40.9 Å². The molecule has 0 radical (unpaired) electrons. The zero-order chi connectivity index (χ0) is 12.8. The molecule has 0 fully saturated rings. The van der Waals surface area contributed by atoms with Gasteiger partial charge in [0, 0.05) is 0 Å². The minimum Gasteiger partial charge on any atom is -0.733 e. The predicted octanol–water partition coefficient (Wildman–Crippen LogP) is 2.25. The van der Waals surface area contributed by atoms with Crippen LogP contribution in [0.3, 0.4) is 0 Å². The summed E-state index contributed by atoms with van der Waals surface area (Å²) in [4.78, 5) is 11.0. The normalized spacial score (nSPS) is 11.2. The van der Waals surface area contributed by atoms with Gasteiger partial charge in [-0.05, 0) is 30.7 Å². The molecule has 0 aromatic heterocycles. The highest BCUT2D eigenvalue weighted by atomic mass is 19.1. The van der Waals surface area contributed by atoms with Crippen molar-refractivity contribution in [1.82, 2.24) is 0 Å². The molecule has 0 aliphatic carbocycles. The van der Waals surface area contributed by atoms with Crippen LogP contribution in [0.1, 0.15) is 12.5 Å². The van der Waals surface area contributed by atoms with E-state index in [1.54, 1.807) is 6.92 Å². The first-order valence-electron chi connectivity index (χ1n) is 4.85. The Bertz CT molecular complexity index is 431. The maximum Gasteiger partial charge on any atom is 0.367 e. The second-order valence-electron chi connectivity index (χ2n) is 3.08. The van der Waals surface area contributed by atoms with E-state index in [0.29, 0.717) is 0 Å². The Hall–Kier alpha value is -1.92. The number of rotatable bonds is 4. The van der Waals surface area contributed by atoms with Crippen LogP contribution in [-0.4, -0.2) is 17.8 Å². The van der Waals surface area contributed by atoms with Gasteiger partial charge in [-0.25, -0.2) is 4.79 Å². The summed E-state index contributed by atoms with van der Waals surface area (Å²) in [6.07, 6.45) is 0.922. The number of hydrogen-bond donors (Lipinski definition) is 1. The molecule has 0 unspecified atom stereocenters. The number of anilines is 1. The van der Waals surface area contributed by atoms with E-state index < -0.39 is 11.8 Å². The van der Waals surface area contributed by atoms with E-state index >= 15 is 0 Å². The van der Waals surface area contributed by atoms with Crippen LogP contribution in [0, 0.1) is 5.21 Å². The number of esters is 1. The first-order valence-corrected chi connectivity index (χ1v) is 4.85. The first-order chi connectivity index (χ1) is 8.04. The molecule has 1 aromatic carbocycles. The van der Waals surface area contributed by atoms with Crippen molar-refractivity contribution in [2.45, 2.75) is 6.92 Å². The Morgan fingerprint density at radius 2 is 2.35 bits per heavy atom. The fourth-order valence-electron chi connectivity index (χ4n) is 1.14. The van der Waals surface area contributed by atoms with Crippen molar-refractivity contribution in [2.24, 2.45) is 0 Å². The maximum atomic E-state index is 13.2. The van der Waals surface area contributed by atoms with Gasteiger partial charge in [0.2, 0.25) is 5.83 Å². The van der Waals surface area contributed by atoms with Gasteiger partial charge in [0.1, 0.15) is 0 Å². The number of carbonyl (C=O) groups is 1. The van der Waals surface area contributed by atoms with Gasteiger partial charge >= 0.3 is 5.97 Å². The van der Waals surface area contributed by atoms with Crippen molar-refractivity contribution >= 4 is 17.7 Å². The zero-order valence-electron chi connectivity index (χ0n) is 9.09. The third-order valence-electron chi connectivity index (χ3n) is 1.85. The molecule has 0 saturated carbocycles. The van der Waals surface area contributed by atoms with Crippen LogP contribution in [0.2, 0.25) is 0 Å². The number of carbonyl (C=O) groups excluding carboxylic acids is 1. The number of ether oxygens (including phenoxy) is 1. The smallest absolute Gasteiger partial charge is 0.367 e. The molecule has 0 spiro atoms. The van der Waals surface area contributed by atoms with Crippen LogP contribution in [0.15, 0.2) is 30.1 Å². The van der Waals surface area contributed by atoms with Gasteiger partial charge in [-0.15, -0.1) is 0 Å². The molecule has 0 atom stereocenters. The molecule has 1 N–H and O–H groups in total. The van der Waals surface area contributed by atoms with Crippen LogP contribution in [0.5, 0.6) is 0 Å². The van der Waals surface area contributed by atoms with Gasteiger partial charge in [0.25, 0.3) is 0 Å². The Morgan fingerprint density at radius 3 is 2.94 bits per heavy atom. The topological polar surface area (TPSA) is 72.8 Å². The highest BCUT2D eigenvalue weighted by Gasteiger charge is 2.09. The summed E-state index contributed by atoms with van der Waals surface area (Å²) in [5.74, 6) is -2.14. The molecule has 17 heavy (non-hydrogen) atoms. The van der Waals surface area contributed by atoms with Crippen LogP contribution >= 0.6 is 0 Å². The van der Waals surface area contributed by atoms with E-state index in [0.717, 1.165) is 6.08 Å². The van der Waals surface area contributed by atoms with Gasteiger partial charge in [-0.2, -0.15) is 4.39 Å². The molecule has 92 valence electrons. The minimum absolute atomic E-state index is 0.0598. The van der Waals surface area contributed by atoms with E-state index in [9.17, 15) is 14.4 Å². The zero-order valence-corrected chi connectivity index (χ0v) is 9.09. The Morgan fingerprint density at radius 1 is 1.65 bits per heavy atom. The SMILES string of the molecule is CCOC(=O)/C(F)=C/c1cccc(N([O-])O)c1. The minimum atomic E-state index is -1.07. The molecule has 0 aliphatic heterocycles. The van der Waals surface area contributed by atoms with Crippen molar-refractivity contribution in [1.29, 1.82) is 0 Å². The average molecular weight is 240 g/mol. The number of benzene rings is 1. The van der Waals surface area contributed by atoms with Gasteiger partial charge in [0.05, 0.1) is 12.3 Å². The molecule has 1 aromatic rings. The Kier molecular flexibility index (Phi) is 4.62. The standard InChI is InChI=1S/C11H11FNO4/c1-2-17-11(14)10(12)7-8-4-3-5-9(6-8)13(15)16/h3-7,15H,2H2,1H3/q-1/b10-7-. The third kappa shape index (κ3) is 3.86. The molecule has 6 heteroatoms. The molecule has 5 nitrogen and oxygen atoms in total. The van der Waals surface area contributed by atoms with Crippen molar-refractivity contribution in [3.63, 3.8) is 0 Å². The Balaban J connectivity index is 2.90. The quantitative estimate of drug-likeness (QED) is 0.496. The predicted molar refractivity (Wildman–Crippen MR) is 59.8 cm³/mol. The fraction of sp³-hybridized carbons (Fsp3) is 0.182. The lowest BCUT2D eigenvalue weighted by Crippen LogP contribution is -2.07. The summed E-state index contributed by atoms with van der Waals surface area (Å²) in [5, 5.41) is 18.9. The first kappa shape index (κ1) is 13.1. The lowest BCUT2D eigenvalue weighted by molar-refractivity contribution is -0.140. The monoisotopic (exact) mass is 240 g/mol. The number of hydrogen-bond acceptors (Lipinski definition) is 5. The molecule has 0 saturated heterocycles. The second kappa shape index (κ2) is 5.97. The summed E-state index contributed by atoms with van der Waals surface area (Å²) in [6, 6.07) is 5.49. The lowest BCUT2D eigenvalue weighted by atomic mass is 10.2. The van der Waals surface area contributed by atoms with Gasteiger partial charge in [-0.3, -0.25) is 5.21 Å². The fourth-order valence-corrected chi connectivity index (χ4v) is 1.14. The molecular formula is C11H11FNO4-. The summed E-state index contributed by atoms with van der Waals surface area (Å²) in [7, 11) is 0. The largest absolute Gasteiger partial charge is 0.733 e. The van der Waals surface area contributed by atoms with Crippen LogP contribution in [0.25, 0.3) is 6.08 Å². The lowest BCUT2D eigenvalue weighted by Gasteiger charge is -2.21. The van der Waals surface area contributed by atoms with Crippen LogP contribution in [0.4, 0.5) is 10.1 Å². The van der Waals surface area contributed by atoms with Crippen LogP contribution in [-0.2, 0) is 9.53 Å². The van der Waals surface area contributed by atoms with Crippen molar-refractivity contribution in [3.8, 4) is 0 Å². The van der Waals surface area contributed by atoms with E-state index in [1.807, 2.05) is 0 Å². The van der Waals surface area contributed by atoms with Gasteiger partial charge in [0.15, 0.2) is 0 Å². The van der Waals surface area contributed by atoms with E-state index in [1.165, 1.54) is 24.3 Å². The average Bonchev–Trinajstić information content (AvgIpc) is 2.29. The summed E-state index contributed by atoms with van der Waals surface area (Å²) < 4.78 is 17.7. The molecule has 0 bridgehead atoms. The van der Waals surface area contributed by atoms with Crippen molar-refractivity contribution < 1.29 is 19.1 Å². The van der Waals surface area contributed by atoms with Crippen molar-refractivity contribution in [2.75, 3.05) is 11.8 Å². The summed E-state index contributed by atoms with van der Waals surface area (Å²) in [6.45, 7) is 1.64. The molecular weight excluding hydrogens is 229 g/mol. The molecule has 1 rings (SSSR count). The molecule has 0 amide bonds. The number of nitrogens with zero attached hydrogens (tertiary/aromatic N) is 1. The highest BCUT2D eigenvalue weighted by molar-refractivity contribution is 5.91. The molecule has 0 aliphatic rings. The van der Waals surface area contributed by atoms with E-state index in [2.05, 4.69) is 4.74 Å². The van der Waals surface area contributed by atoms with Crippen LogP contribution < -0.4 is 5.23 Å².